The van der Waals surface area contributed by atoms with Crippen LogP contribution < -0.4 is 38.3 Å². The molecule has 7 rings (SSSR count). The highest BCUT2D eigenvalue weighted by molar-refractivity contribution is 7.47. The van der Waals surface area contributed by atoms with E-state index in [-0.39, 0.29) is 136 Å². The van der Waals surface area contributed by atoms with Crippen LogP contribution in [0.15, 0.2) is 35.1 Å². The monoisotopic (exact) mass is 2080 g/mol. The van der Waals surface area contributed by atoms with Crippen LogP contribution in [0.2, 0.25) is 0 Å². The number of nitrogens with zero attached hydrogens (tertiary/aromatic N) is 3. The number of anilines is 1. The summed E-state index contributed by atoms with van der Waals surface area (Å²) < 4.78 is 179. The Kier molecular flexibility index (Phi) is 63.7. The van der Waals surface area contributed by atoms with Crippen molar-refractivity contribution in [1.29, 1.82) is 0 Å². The molecule has 2 aromatic heterocycles. The number of fused-ring (bicyclic) bond motifs is 5. The van der Waals surface area contributed by atoms with Gasteiger partial charge in [-0.2, -0.15) is 0 Å². The molecule has 48 heteroatoms. The Morgan fingerprint density at radius 3 is 1.38 bits per heavy atom. The van der Waals surface area contributed by atoms with Gasteiger partial charge < -0.3 is 171 Å². The summed E-state index contributed by atoms with van der Waals surface area (Å²) in [6.07, 6.45) is 0.672. The lowest BCUT2D eigenvalue weighted by Crippen LogP contribution is -2.51. The number of hydrogen-bond donors (Lipinski definition) is 8. The lowest BCUT2D eigenvalue weighted by Gasteiger charge is -2.31. The Morgan fingerprint density at radius 2 is 0.979 bits per heavy atom. The van der Waals surface area contributed by atoms with E-state index in [9.17, 15) is 48.1 Å². The van der Waals surface area contributed by atoms with Gasteiger partial charge in [-0.05, 0) is 91.0 Å². The predicted octanol–water partition coefficient (Wildman–Crippen LogP) is 3.20. The highest BCUT2D eigenvalue weighted by atomic mass is 31.2. The van der Waals surface area contributed by atoms with Crippen molar-refractivity contribution in [1.82, 2.24) is 30.4 Å². The van der Waals surface area contributed by atoms with E-state index in [2.05, 4.69) is 21.3 Å². The molecule has 0 bridgehead atoms. The van der Waals surface area contributed by atoms with E-state index in [4.69, 9.17) is 144 Å². The van der Waals surface area contributed by atoms with Gasteiger partial charge in [0, 0.05) is 55.5 Å². The number of cyclic esters (lactones) is 1. The molecule has 1 aliphatic carbocycles. The van der Waals surface area contributed by atoms with Crippen LogP contribution in [0.1, 0.15) is 103 Å². The number of nitrogens with one attached hydrogen (secondary N) is 4. The van der Waals surface area contributed by atoms with Crippen LogP contribution in [0.5, 0.6) is 0 Å². The molecule has 818 valence electrons. The fraction of sp³-hybridized carbons (Fsp3) is 0.729. The van der Waals surface area contributed by atoms with Crippen molar-refractivity contribution < 1.29 is 175 Å². The van der Waals surface area contributed by atoms with Gasteiger partial charge >= 0.3 is 19.8 Å². The fourth-order valence-corrected chi connectivity index (χ4v) is 15.3. The van der Waals surface area contributed by atoms with Gasteiger partial charge in [-0.3, -0.25) is 33.0 Å². The zero-order valence-corrected chi connectivity index (χ0v) is 85.3. The number of nitrogens with two attached hydrogens (primary N) is 2. The molecular formula is C96H155FN9O37P. The summed E-state index contributed by atoms with van der Waals surface area (Å²) >= 11 is 0. The first kappa shape index (κ1) is 123. The summed E-state index contributed by atoms with van der Waals surface area (Å²) in [6, 6.07) is 3.58. The molecule has 4 aromatic rings. The molecular weight excluding hydrogens is 1920 g/mol. The molecule has 0 spiro atoms. The predicted molar refractivity (Wildman–Crippen MR) is 517 cm³/mol. The average molecular weight is 2080 g/mol. The number of hydrogen-bond acceptors (Lipinski definition) is 38. The van der Waals surface area contributed by atoms with Gasteiger partial charge in [-0.15, -0.1) is 0 Å². The molecule has 0 saturated heterocycles. The van der Waals surface area contributed by atoms with Gasteiger partial charge in [0.15, 0.2) is 5.60 Å². The smallest absolute Gasteiger partial charge is 0.458 e. The van der Waals surface area contributed by atoms with Gasteiger partial charge in [-0.1, -0.05) is 26.8 Å². The molecule has 5 atom stereocenters. The lowest BCUT2D eigenvalue weighted by molar-refractivity contribution is -0.172. The molecule has 10 N–H and O–H groups in total. The number of aryl methyl sites for hydroxylation is 1. The Balaban J connectivity index is 0.633. The van der Waals surface area contributed by atoms with Crippen LogP contribution in [-0.2, 0) is 194 Å². The molecule has 4 heterocycles. The number of carbonyl (C=O) groups excluding carboxylic acids is 6. The van der Waals surface area contributed by atoms with E-state index < -0.39 is 85.9 Å². The van der Waals surface area contributed by atoms with Gasteiger partial charge in [-0.25, -0.2) is 23.5 Å². The zero-order chi connectivity index (χ0) is 103. The Hall–Kier alpha value is -7.58. The average Bonchev–Trinajstić information content (AvgIpc) is 1.53. The number of aromatic nitrogens is 2. The summed E-state index contributed by atoms with van der Waals surface area (Å²) in [5, 5.41) is 22.9. The SMILES string of the molecule is CC[C@@]1(O)C(=O)OCc2c1cc1n(c2=O)Cc2c-1nc1cc(F)c(C)c3c1c2[C@@H](NC(=O)COP(=O)(O)OCc1ccc(NC(=O)[C@H](CCCNC(N)=O)NC(=O)[C@@H](N)C(C)C)cc1CN(C)C(=O)CCOCCOCCOCCOCCOCCOCCOCCOCCOCCOCCOCCOCCOCCOCCOCCOCCOCCOCCOCCOCCOCCOCCOCCOC)CC3. The number of urea groups is 1. The molecule has 0 radical (unpaired) electrons. The molecule has 0 fully saturated rings. The minimum Gasteiger partial charge on any atom is -0.458 e. The van der Waals surface area contributed by atoms with Crippen molar-refractivity contribution in [2.45, 2.75) is 116 Å². The molecule has 2 aromatic carbocycles. The maximum Gasteiger partial charge on any atom is 0.473 e. The van der Waals surface area contributed by atoms with E-state index in [1.165, 1.54) is 46.8 Å². The number of methoxy groups -OCH3 is 1. The quantitative estimate of drug-likeness (QED) is 0.0157. The Labute approximate surface area is 841 Å². The number of benzene rings is 2. The number of pyridine rings is 2. The fourth-order valence-electron chi connectivity index (χ4n) is 14.6. The second-order valence-corrected chi connectivity index (χ2v) is 34.8. The number of amides is 6. The maximum absolute atomic E-state index is 15.6. The van der Waals surface area contributed by atoms with E-state index in [0.29, 0.717) is 324 Å². The van der Waals surface area contributed by atoms with Crippen LogP contribution in [0, 0.1) is 18.7 Å². The summed E-state index contributed by atoms with van der Waals surface area (Å²) in [5.74, 6) is -4.14. The first-order valence-electron chi connectivity index (χ1n) is 49.2. The third-order valence-corrected chi connectivity index (χ3v) is 23.4. The van der Waals surface area contributed by atoms with E-state index in [1.54, 1.807) is 34.8 Å². The summed E-state index contributed by atoms with van der Waals surface area (Å²) in [7, 11) is -1.93. The Morgan fingerprint density at radius 1 is 0.569 bits per heavy atom. The number of ether oxygens (including phenoxy) is 25. The number of halogens is 1. The maximum atomic E-state index is 15.6. The first-order chi connectivity index (χ1) is 70.0. The normalized spacial score (nSPS) is 15.1. The Bertz CT molecular complexity index is 4420. The van der Waals surface area contributed by atoms with E-state index in [1.807, 2.05) is 0 Å². The van der Waals surface area contributed by atoms with Gasteiger partial charge in [0.05, 0.1) is 365 Å². The second-order valence-electron chi connectivity index (χ2n) is 33.3. The summed E-state index contributed by atoms with van der Waals surface area (Å²) in [6.45, 7) is 24.9. The van der Waals surface area contributed by atoms with Gasteiger partial charge in [0.25, 0.3) is 5.56 Å². The number of phosphoric ester groups is 1. The standard InChI is InChI=1S/C96H155FN9O37P/c1-7-96(114)79-64-84-90-77(67-106(84)93(111)78(79)69-141-94(96)112)88-81(13-12-76-72(4)80(97)65-83(103-90)87(76)88)102-85(107)70-143-144(115,116)142-68-73-10-11-75(101-91(109)82(9-8-15-100-95(99)113)104-92(110)89(98)71(2)3)63-74(73)66-105(5)86(108)14-16-118-19-20-120-23-24-122-27-28-124-31-32-126-35-36-128-39-40-130-43-44-132-47-48-134-51-52-136-55-56-138-59-60-140-62-61-139-58-57-137-54-53-135-50-49-133-46-45-131-42-41-129-38-37-127-34-33-125-30-29-123-26-25-121-22-21-119-18-17-117-6/h10-11,63-65,71,81-82,89,114H,7-9,12-62,66-70,98H2,1-6H3,(H,101,109)(H,102,107)(H,104,110)(H,115,116)(H3,99,100,113)/t81-,82-,89-,96-/m0/s1. The molecule has 3 aliphatic rings. The largest absolute Gasteiger partial charge is 0.473 e. The van der Waals surface area contributed by atoms with Crippen LogP contribution in [-0.4, -0.2) is 410 Å². The number of rotatable bonds is 91. The molecule has 1 unspecified atom stereocenters. The topological polar surface area (TPSA) is 547 Å². The third-order valence-electron chi connectivity index (χ3n) is 22.5. The minimum atomic E-state index is -5.09. The van der Waals surface area contributed by atoms with Crippen LogP contribution in [0.3, 0.4) is 0 Å². The minimum absolute atomic E-state index is 0.0243. The molecule has 0 saturated carbocycles. The number of esters is 1. The molecule has 46 nitrogen and oxygen atoms in total. The highest BCUT2D eigenvalue weighted by Gasteiger charge is 2.46. The molecule has 144 heavy (non-hydrogen) atoms. The highest BCUT2D eigenvalue weighted by Crippen LogP contribution is 2.48. The lowest BCUT2D eigenvalue weighted by atomic mass is 9.81. The van der Waals surface area contributed by atoms with Crippen molar-refractivity contribution in [3.05, 3.63) is 91.0 Å². The van der Waals surface area contributed by atoms with Crippen molar-refractivity contribution in [2.24, 2.45) is 17.4 Å². The number of aliphatic hydroxyl groups is 1. The third kappa shape index (κ3) is 48.4. The van der Waals surface area contributed by atoms with Crippen LogP contribution in [0.4, 0.5) is 14.9 Å². The van der Waals surface area contributed by atoms with Crippen molar-refractivity contribution in [3.63, 3.8) is 0 Å². The number of primary amides is 1. The van der Waals surface area contributed by atoms with Crippen LogP contribution in [0.25, 0.3) is 22.3 Å². The number of carbonyl (C=O) groups is 6. The summed E-state index contributed by atoms with van der Waals surface area (Å²) in [4.78, 5) is 111. The molecule has 6 amide bonds. The second kappa shape index (κ2) is 74.3. The van der Waals surface area contributed by atoms with Crippen molar-refractivity contribution in [2.75, 3.05) is 343 Å². The van der Waals surface area contributed by atoms with E-state index >= 15 is 4.39 Å². The number of phosphoric acid groups is 1. The first-order valence-corrected chi connectivity index (χ1v) is 50.7. The molecule has 2 aliphatic heterocycles. The van der Waals surface area contributed by atoms with Crippen molar-refractivity contribution in [3.8, 4) is 11.4 Å². The van der Waals surface area contributed by atoms with Crippen molar-refractivity contribution >= 4 is 60.0 Å². The summed E-state index contributed by atoms with van der Waals surface area (Å²) in [5.41, 5.74) is 12.6. The zero-order valence-electron chi connectivity index (χ0n) is 84.4. The van der Waals surface area contributed by atoms with Gasteiger partial charge in [0.2, 0.25) is 23.6 Å². The van der Waals surface area contributed by atoms with E-state index in [0.717, 1.165) is 0 Å². The van der Waals surface area contributed by atoms with Gasteiger partial charge in [0.1, 0.15) is 25.1 Å². The van der Waals surface area contributed by atoms with Crippen LogP contribution >= 0.6 is 7.82 Å².